The summed E-state index contributed by atoms with van der Waals surface area (Å²) in [6.07, 6.45) is 0.777. The van der Waals surface area contributed by atoms with Crippen LogP contribution in [0.3, 0.4) is 0 Å². The summed E-state index contributed by atoms with van der Waals surface area (Å²) in [7, 11) is 0. The van der Waals surface area contributed by atoms with Gasteiger partial charge in [-0.05, 0) is 43.3 Å². The first-order valence-corrected chi connectivity index (χ1v) is 9.77. The molecule has 1 aromatic heterocycles. The highest BCUT2D eigenvalue weighted by Crippen LogP contribution is 2.34. The second-order valence-electron chi connectivity index (χ2n) is 5.75. The summed E-state index contributed by atoms with van der Waals surface area (Å²) in [4.78, 5) is 17.4. The quantitative estimate of drug-likeness (QED) is 0.561. The lowest BCUT2D eigenvalue weighted by molar-refractivity contribution is -0.0509. The third-order valence-corrected chi connectivity index (χ3v) is 5.38. The first kappa shape index (κ1) is 18.3. The van der Waals surface area contributed by atoms with Crippen molar-refractivity contribution in [1.82, 2.24) is 4.98 Å². The number of thiazole rings is 1. The van der Waals surface area contributed by atoms with Gasteiger partial charge in [0.05, 0.1) is 21.4 Å². The van der Waals surface area contributed by atoms with E-state index in [0.29, 0.717) is 38.7 Å². The Morgan fingerprint density at radius 3 is 2.85 bits per heavy atom. The van der Waals surface area contributed by atoms with Crippen molar-refractivity contribution in [2.75, 3.05) is 11.9 Å². The Morgan fingerprint density at radius 2 is 2.04 bits per heavy atom. The smallest absolute Gasteiger partial charge is 0.232 e. The molecule has 8 heteroatoms. The van der Waals surface area contributed by atoms with E-state index in [-0.39, 0.29) is 5.78 Å². The fourth-order valence-electron chi connectivity index (χ4n) is 2.73. The number of anilines is 1. The van der Waals surface area contributed by atoms with E-state index in [4.69, 9.17) is 32.7 Å². The normalized spacial score (nSPS) is 17.8. The van der Waals surface area contributed by atoms with Gasteiger partial charge in [-0.25, -0.2) is 4.98 Å². The van der Waals surface area contributed by atoms with Crippen LogP contribution in [0.5, 0.6) is 5.75 Å². The molecule has 27 heavy (non-hydrogen) atoms. The average Bonchev–Trinajstić information content (AvgIpc) is 3.04. The van der Waals surface area contributed by atoms with Gasteiger partial charge in [-0.3, -0.25) is 4.79 Å². The number of ketones is 1. The minimum atomic E-state index is -0.799. The highest BCUT2D eigenvalue weighted by molar-refractivity contribution is 7.22. The Balaban J connectivity index is 1.67. The third-order valence-electron chi connectivity index (χ3n) is 3.96. The number of benzene rings is 2. The number of hydrogen-bond donors (Lipinski definition) is 1. The standard InChI is InChI=1S/C19H14Cl2N2O3S/c1-2-25-18-13(17(24)12-7-10(20)4-6-15(12)26-18)9-22-19-23-14-5-3-11(21)8-16(14)27-19/h3-9,18H,2H2,1H3,(H,22,23)/b13-9+. The number of ether oxygens (including phenoxy) is 2. The van der Waals surface area contributed by atoms with Gasteiger partial charge in [0, 0.05) is 22.9 Å². The fraction of sp³-hybridized carbons (Fsp3) is 0.158. The van der Waals surface area contributed by atoms with E-state index in [9.17, 15) is 4.79 Å². The summed E-state index contributed by atoms with van der Waals surface area (Å²) >= 11 is 13.5. The van der Waals surface area contributed by atoms with Gasteiger partial charge < -0.3 is 14.8 Å². The maximum Gasteiger partial charge on any atom is 0.232 e. The molecular weight excluding hydrogens is 407 g/mol. The molecule has 1 atom stereocenters. The molecule has 0 aliphatic carbocycles. The number of nitrogens with zero attached hydrogens (tertiary/aromatic N) is 1. The molecule has 2 aromatic carbocycles. The van der Waals surface area contributed by atoms with Crippen LogP contribution in [0, 0.1) is 0 Å². The summed E-state index contributed by atoms with van der Waals surface area (Å²) in [6.45, 7) is 2.24. The third kappa shape index (κ3) is 3.66. The van der Waals surface area contributed by atoms with Gasteiger partial charge in [-0.2, -0.15) is 0 Å². The van der Waals surface area contributed by atoms with Gasteiger partial charge in [-0.1, -0.05) is 34.5 Å². The van der Waals surface area contributed by atoms with Crippen LogP contribution < -0.4 is 10.1 Å². The van der Waals surface area contributed by atoms with Crippen LogP contribution in [0.4, 0.5) is 5.13 Å². The van der Waals surface area contributed by atoms with E-state index in [1.54, 1.807) is 30.5 Å². The van der Waals surface area contributed by atoms with E-state index in [1.165, 1.54) is 11.3 Å². The first-order valence-electron chi connectivity index (χ1n) is 8.20. The number of carbonyl (C=O) groups excluding carboxylic acids is 1. The molecule has 5 nitrogen and oxygen atoms in total. The second kappa shape index (κ2) is 7.48. The predicted molar refractivity (Wildman–Crippen MR) is 108 cm³/mol. The van der Waals surface area contributed by atoms with Gasteiger partial charge in [-0.15, -0.1) is 0 Å². The lowest BCUT2D eigenvalue weighted by Gasteiger charge is -2.27. The van der Waals surface area contributed by atoms with Gasteiger partial charge in [0.15, 0.2) is 5.13 Å². The highest BCUT2D eigenvalue weighted by Gasteiger charge is 2.32. The van der Waals surface area contributed by atoms with Crippen LogP contribution in [-0.2, 0) is 4.74 Å². The lowest BCUT2D eigenvalue weighted by atomic mass is 10.00. The van der Waals surface area contributed by atoms with Gasteiger partial charge in [0.25, 0.3) is 0 Å². The highest BCUT2D eigenvalue weighted by atomic mass is 35.5. The van der Waals surface area contributed by atoms with Crippen LogP contribution in [0.1, 0.15) is 17.3 Å². The summed E-state index contributed by atoms with van der Waals surface area (Å²) in [6, 6.07) is 10.4. The fourth-order valence-corrected chi connectivity index (χ4v) is 4.02. The Labute approximate surface area is 169 Å². The van der Waals surface area contributed by atoms with E-state index >= 15 is 0 Å². The topological polar surface area (TPSA) is 60.5 Å². The molecule has 0 spiro atoms. The molecule has 4 rings (SSSR count). The van der Waals surface area contributed by atoms with Crippen molar-refractivity contribution in [3.8, 4) is 5.75 Å². The number of Topliss-reactive ketones (excluding diaryl/α,β-unsaturated/α-hetero) is 1. The zero-order valence-electron chi connectivity index (χ0n) is 14.2. The largest absolute Gasteiger partial charge is 0.460 e. The van der Waals surface area contributed by atoms with Crippen molar-refractivity contribution in [3.05, 3.63) is 63.8 Å². The lowest BCUT2D eigenvalue weighted by Crippen LogP contribution is -2.33. The van der Waals surface area contributed by atoms with Crippen LogP contribution in [-0.4, -0.2) is 23.7 Å². The molecule has 0 amide bonds. The monoisotopic (exact) mass is 420 g/mol. The zero-order valence-corrected chi connectivity index (χ0v) is 16.5. The molecule has 0 saturated heterocycles. The van der Waals surface area contributed by atoms with Gasteiger partial charge in [0.2, 0.25) is 12.1 Å². The molecule has 0 fully saturated rings. The molecular formula is C19H14Cl2N2O3S. The van der Waals surface area contributed by atoms with Crippen molar-refractivity contribution >= 4 is 55.7 Å². The van der Waals surface area contributed by atoms with Crippen LogP contribution in [0.15, 0.2) is 48.2 Å². The van der Waals surface area contributed by atoms with E-state index in [2.05, 4.69) is 10.3 Å². The molecule has 0 radical (unpaired) electrons. The van der Waals surface area contributed by atoms with Crippen molar-refractivity contribution in [3.63, 3.8) is 0 Å². The summed E-state index contributed by atoms with van der Waals surface area (Å²) in [5.41, 5.74) is 1.58. The van der Waals surface area contributed by atoms with Crippen LogP contribution in [0.25, 0.3) is 10.2 Å². The van der Waals surface area contributed by atoms with Crippen molar-refractivity contribution in [1.29, 1.82) is 0 Å². The molecule has 1 N–H and O–H groups in total. The predicted octanol–water partition coefficient (Wildman–Crippen LogP) is 5.54. The molecule has 1 aliphatic rings. The summed E-state index contributed by atoms with van der Waals surface area (Å²) < 4.78 is 12.4. The Kier molecular flexibility index (Phi) is 5.06. The molecule has 0 bridgehead atoms. The second-order valence-corrected chi connectivity index (χ2v) is 7.65. The summed E-state index contributed by atoms with van der Waals surface area (Å²) in [5, 5.41) is 4.83. The van der Waals surface area contributed by atoms with Crippen molar-refractivity contribution in [2.45, 2.75) is 13.2 Å². The maximum absolute atomic E-state index is 12.9. The number of rotatable bonds is 4. The van der Waals surface area contributed by atoms with Crippen LogP contribution >= 0.6 is 34.5 Å². The minimum absolute atomic E-state index is 0.200. The molecule has 0 saturated carbocycles. The number of hydrogen-bond acceptors (Lipinski definition) is 6. The number of aromatic nitrogens is 1. The number of carbonyl (C=O) groups is 1. The molecule has 1 unspecified atom stereocenters. The molecule has 138 valence electrons. The summed E-state index contributed by atoms with van der Waals surface area (Å²) in [5.74, 6) is 0.253. The van der Waals surface area contributed by atoms with Gasteiger partial charge >= 0.3 is 0 Å². The van der Waals surface area contributed by atoms with E-state index in [1.807, 2.05) is 19.1 Å². The van der Waals surface area contributed by atoms with E-state index < -0.39 is 6.29 Å². The van der Waals surface area contributed by atoms with Crippen LogP contribution in [0.2, 0.25) is 10.0 Å². The number of nitrogens with one attached hydrogen (secondary N) is 1. The Hall–Kier alpha value is -2.12. The average molecular weight is 421 g/mol. The molecule has 3 aromatic rings. The SMILES string of the molecule is CCOC1Oc2ccc(Cl)cc2C(=O)/C1=C\Nc1nc2ccc(Cl)cc2s1. The van der Waals surface area contributed by atoms with Gasteiger partial charge in [0.1, 0.15) is 5.75 Å². The molecule has 1 aliphatic heterocycles. The van der Waals surface area contributed by atoms with E-state index in [0.717, 1.165) is 10.2 Å². The van der Waals surface area contributed by atoms with Crippen molar-refractivity contribution in [2.24, 2.45) is 0 Å². The number of halogens is 2. The number of fused-ring (bicyclic) bond motifs is 2. The zero-order chi connectivity index (χ0) is 19.0. The molecule has 2 heterocycles. The Bertz CT molecular complexity index is 1060. The minimum Gasteiger partial charge on any atom is -0.460 e. The Morgan fingerprint density at radius 1 is 1.26 bits per heavy atom. The maximum atomic E-state index is 12.9. The van der Waals surface area contributed by atoms with Crippen molar-refractivity contribution < 1.29 is 14.3 Å². The first-order chi connectivity index (χ1) is 13.0.